The average molecular weight is 306 g/mol. The summed E-state index contributed by atoms with van der Waals surface area (Å²) < 4.78 is 2.24. The van der Waals surface area contributed by atoms with Crippen molar-refractivity contribution >= 4 is 16.7 Å². The van der Waals surface area contributed by atoms with Crippen LogP contribution in [0.15, 0.2) is 36.7 Å². The SMILES string of the molecule is C[C@H]1CCc2c(ccc3c2nc(CCc2cccnc2)n3C)N1. The minimum atomic E-state index is 0.550. The molecule has 0 bridgehead atoms. The summed E-state index contributed by atoms with van der Waals surface area (Å²) in [4.78, 5) is 9.16. The second kappa shape index (κ2) is 5.69. The smallest absolute Gasteiger partial charge is 0.109 e. The lowest BCUT2D eigenvalue weighted by Gasteiger charge is -2.24. The van der Waals surface area contributed by atoms with E-state index >= 15 is 0 Å². The highest BCUT2D eigenvalue weighted by atomic mass is 15.1. The van der Waals surface area contributed by atoms with Gasteiger partial charge in [-0.05, 0) is 49.9 Å². The number of anilines is 1. The van der Waals surface area contributed by atoms with Gasteiger partial charge in [-0.25, -0.2) is 4.98 Å². The van der Waals surface area contributed by atoms with Crippen molar-refractivity contribution in [2.24, 2.45) is 7.05 Å². The van der Waals surface area contributed by atoms with Crippen LogP contribution in [-0.4, -0.2) is 20.6 Å². The standard InChI is InChI=1S/C19H22N4/c1-13-5-7-15-16(21-13)8-9-17-19(15)22-18(23(17)2)10-6-14-4-3-11-20-12-14/h3-4,8-9,11-13,21H,5-7,10H2,1-2H3/t13-/m0/s1. The van der Waals surface area contributed by atoms with Gasteiger partial charge in [0, 0.05) is 43.2 Å². The van der Waals surface area contributed by atoms with Gasteiger partial charge >= 0.3 is 0 Å². The first kappa shape index (κ1) is 14.2. The molecule has 1 aromatic carbocycles. The van der Waals surface area contributed by atoms with E-state index < -0.39 is 0 Å². The molecule has 0 spiro atoms. The lowest BCUT2D eigenvalue weighted by atomic mass is 9.98. The van der Waals surface area contributed by atoms with Crippen LogP contribution in [0.5, 0.6) is 0 Å². The number of nitrogens with zero attached hydrogens (tertiary/aromatic N) is 3. The van der Waals surface area contributed by atoms with E-state index in [1.165, 1.54) is 34.3 Å². The molecule has 0 unspecified atom stereocenters. The van der Waals surface area contributed by atoms with E-state index in [1.807, 2.05) is 18.5 Å². The summed E-state index contributed by atoms with van der Waals surface area (Å²) in [5.74, 6) is 1.15. The number of nitrogens with one attached hydrogen (secondary N) is 1. The molecule has 4 rings (SSSR count). The number of rotatable bonds is 3. The number of imidazole rings is 1. The van der Waals surface area contributed by atoms with Gasteiger partial charge in [0.1, 0.15) is 5.82 Å². The zero-order chi connectivity index (χ0) is 15.8. The molecule has 1 atom stereocenters. The highest BCUT2D eigenvalue weighted by molar-refractivity contribution is 5.85. The van der Waals surface area contributed by atoms with Gasteiger partial charge in [-0.15, -0.1) is 0 Å². The van der Waals surface area contributed by atoms with E-state index in [0.717, 1.165) is 25.1 Å². The fourth-order valence-electron chi connectivity index (χ4n) is 3.47. The first-order valence-electron chi connectivity index (χ1n) is 8.35. The van der Waals surface area contributed by atoms with Crippen molar-refractivity contribution in [3.05, 3.63) is 53.6 Å². The normalized spacial score (nSPS) is 17.0. The zero-order valence-electron chi connectivity index (χ0n) is 13.7. The Morgan fingerprint density at radius 1 is 1.26 bits per heavy atom. The third-order valence-corrected chi connectivity index (χ3v) is 4.84. The molecule has 0 radical (unpaired) electrons. The molecule has 23 heavy (non-hydrogen) atoms. The fraction of sp³-hybridized carbons (Fsp3) is 0.368. The Labute approximate surface area is 136 Å². The van der Waals surface area contributed by atoms with E-state index in [9.17, 15) is 0 Å². The molecule has 0 amide bonds. The Kier molecular flexibility index (Phi) is 3.52. The average Bonchev–Trinajstić information content (AvgIpc) is 2.90. The molecule has 0 saturated carbocycles. The second-order valence-corrected chi connectivity index (χ2v) is 6.49. The summed E-state index contributed by atoms with van der Waals surface area (Å²) in [7, 11) is 2.12. The van der Waals surface area contributed by atoms with Gasteiger partial charge in [-0.1, -0.05) is 6.07 Å². The van der Waals surface area contributed by atoms with E-state index in [4.69, 9.17) is 4.98 Å². The van der Waals surface area contributed by atoms with Crippen molar-refractivity contribution in [1.29, 1.82) is 0 Å². The van der Waals surface area contributed by atoms with Crippen LogP contribution >= 0.6 is 0 Å². The predicted octanol–water partition coefficient (Wildman–Crippen LogP) is 3.50. The van der Waals surface area contributed by atoms with Crippen LogP contribution in [-0.2, 0) is 26.3 Å². The zero-order valence-corrected chi connectivity index (χ0v) is 13.7. The number of fused-ring (bicyclic) bond motifs is 3. The molecule has 4 nitrogen and oxygen atoms in total. The number of hydrogen-bond acceptors (Lipinski definition) is 3. The molecule has 1 N–H and O–H groups in total. The second-order valence-electron chi connectivity index (χ2n) is 6.49. The van der Waals surface area contributed by atoms with Gasteiger partial charge in [-0.2, -0.15) is 0 Å². The molecule has 2 aromatic heterocycles. The van der Waals surface area contributed by atoms with Crippen molar-refractivity contribution in [2.75, 3.05) is 5.32 Å². The third kappa shape index (κ3) is 2.58. The number of hydrogen-bond donors (Lipinski definition) is 1. The minimum absolute atomic E-state index is 0.550. The summed E-state index contributed by atoms with van der Waals surface area (Å²) in [6, 6.07) is 9.07. The van der Waals surface area contributed by atoms with E-state index in [0.29, 0.717) is 6.04 Å². The van der Waals surface area contributed by atoms with Gasteiger partial charge in [0.05, 0.1) is 11.0 Å². The van der Waals surface area contributed by atoms with Crippen molar-refractivity contribution in [1.82, 2.24) is 14.5 Å². The summed E-state index contributed by atoms with van der Waals surface area (Å²) in [5.41, 5.74) is 6.31. The maximum absolute atomic E-state index is 4.97. The molecule has 3 aromatic rings. The molecule has 1 aliphatic rings. The summed E-state index contributed by atoms with van der Waals surface area (Å²) in [6.45, 7) is 2.24. The van der Waals surface area contributed by atoms with E-state index in [1.54, 1.807) is 0 Å². The lowest BCUT2D eigenvalue weighted by molar-refractivity contribution is 0.683. The van der Waals surface area contributed by atoms with Crippen LogP contribution in [0.1, 0.15) is 30.3 Å². The van der Waals surface area contributed by atoms with E-state index in [-0.39, 0.29) is 0 Å². The number of benzene rings is 1. The van der Waals surface area contributed by atoms with Crippen molar-refractivity contribution in [3.63, 3.8) is 0 Å². The van der Waals surface area contributed by atoms with E-state index in [2.05, 4.69) is 47.0 Å². The molecule has 4 heteroatoms. The predicted molar refractivity (Wildman–Crippen MR) is 93.8 cm³/mol. The third-order valence-electron chi connectivity index (χ3n) is 4.84. The Hall–Kier alpha value is -2.36. The Bertz CT molecular complexity index is 835. The van der Waals surface area contributed by atoms with Gasteiger partial charge in [0.25, 0.3) is 0 Å². The van der Waals surface area contributed by atoms with Crippen LogP contribution in [0.25, 0.3) is 11.0 Å². The molecule has 0 fully saturated rings. The fourth-order valence-corrected chi connectivity index (χ4v) is 3.47. The minimum Gasteiger partial charge on any atom is -0.382 e. The van der Waals surface area contributed by atoms with Gasteiger partial charge in [-0.3, -0.25) is 4.98 Å². The lowest BCUT2D eigenvalue weighted by Crippen LogP contribution is -2.22. The molecule has 0 aliphatic carbocycles. The van der Waals surface area contributed by atoms with Crippen molar-refractivity contribution in [3.8, 4) is 0 Å². The van der Waals surface area contributed by atoms with Gasteiger partial charge < -0.3 is 9.88 Å². The molecule has 1 aliphatic heterocycles. The maximum Gasteiger partial charge on any atom is 0.109 e. The van der Waals surface area contributed by atoms with Gasteiger partial charge in [0.2, 0.25) is 0 Å². The first-order chi connectivity index (χ1) is 11.2. The highest BCUT2D eigenvalue weighted by Gasteiger charge is 2.19. The van der Waals surface area contributed by atoms with Crippen LogP contribution in [0.2, 0.25) is 0 Å². The molecular formula is C19H22N4. The molecule has 0 saturated heterocycles. The maximum atomic E-state index is 4.97. The topological polar surface area (TPSA) is 42.7 Å². The first-order valence-corrected chi connectivity index (χ1v) is 8.35. The van der Waals surface area contributed by atoms with Crippen LogP contribution in [0, 0.1) is 0 Å². The van der Waals surface area contributed by atoms with Crippen LogP contribution in [0.4, 0.5) is 5.69 Å². The summed E-state index contributed by atoms with van der Waals surface area (Å²) in [5, 5.41) is 3.58. The number of aryl methyl sites for hydroxylation is 4. The number of pyridine rings is 1. The summed E-state index contributed by atoms with van der Waals surface area (Å²) >= 11 is 0. The Balaban J connectivity index is 1.67. The summed E-state index contributed by atoms with van der Waals surface area (Å²) in [6.07, 6.45) is 7.96. The van der Waals surface area contributed by atoms with Crippen molar-refractivity contribution in [2.45, 2.75) is 38.6 Å². The van der Waals surface area contributed by atoms with Gasteiger partial charge in [0.15, 0.2) is 0 Å². The largest absolute Gasteiger partial charge is 0.382 e. The molecule has 118 valence electrons. The van der Waals surface area contributed by atoms with Crippen LogP contribution in [0.3, 0.4) is 0 Å². The Morgan fingerprint density at radius 2 is 2.17 bits per heavy atom. The quantitative estimate of drug-likeness (QED) is 0.805. The highest BCUT2D eigenvalue weighted by Crippen LogP contribution is 2.31. The monoisotopic (exact) mass is 306 g/mol. The van der Waals surface area contributed by atoms with Crippen LogP contribution < -0.4 is 5.32 Å². The number of aromatic nitrogens is 3. The van der Waals surface area contributed by atoms with Crippen molar-refractivity contribution < 1.29 is 0 Å². The molecule has 3 heterocycles. The Morgan fingerprint density at radius 3 is 3.00 bits per heavy atom. The molecular weight excluding hydrogens is 284 g/mol.